The van der Waals surface area contributed by atoms with Crippen LogP contribution in [0.25, 0.3) is 0 Å². The van der Waals surface area contributed by atoms with E-state index < -0.39 is 0 Å². The van der Waals surface area contributed by atoms with E-state index in [1.54, 1.807) is 7.11 Å². The summed E-state index contributed by atoms with van der Waals surface area (Å²) in [6.45, 7) is 4.51. The van der Waals surface area contributed by atoms with Gasteiger partial charge in [0.2, 0.25) is 0 Å². The highest BCUT2D eigenvalue weighted by Crippen LogP contribution is 2.33. The molecule has 1 aliphatic rings. The summed E-state index contributed by atoms with van der Waals surface area (Å²) in [6.07, 6.45) is 9.24. The summed E-state index contributed by atoms with van der Waals surface area (Å²) in [6, 6.07) is 0.249. The van der Waals surface area contributed by atoms with Gasteiger partial charge in [-0.05, 0) is 31.1 Å². The summed E-state index contributed by atoms with van der Waals surface area (Å²) in [5.41, 5.74) is 6.38. The van der Waals surface area contributed by atoms with Crippen LogP contribution in [-0.2, 0) is 4.74 Å². The second kappa shape index (κ2) is 7.29. The van der Waals surface area contributed by atoms with Crippen LogP contribution in [0, 0.1) is 11.8 Å². The van der Waals surface area contributed by atoms with Crippen LogP contribution >= 0.6 is 0 Å². The fourth-order valence-electron chi connectivity index (χ4n) is 3.11. The van der Waals surface area contributed by atoms with Crippen LogP contribution in [0.4, 0.5) is 0 Å². The molecule has 0 spiro atoms. The van der Waals surface area contributed by atoms with Crippen molar-refractivity contribution in [2.45, 2.75) is 70.9 Å². The summed E-state index contributed by atoms with van der Waals surface area (Å²) in [5, 5.41) is 0. The minimum Gasteiger partial charge on any atom is -0.380 e. The lowest BCUT2D eigenvalue weighted by Crippen LogP contribution is -2.44. The van der Waals surface area contributed by atoms with Crippen molar-refractivity contribution in [1.82, 2.24) is 0 Å². The highest BCUT2D eigenvalue weighted by Gasteiger charge is 2.30. The van der Waals surface area contributed by atoms with Gasteiger partial charge in [-0.2, -0.15) is 0 Å². The van der Waals surface area contributed by atoms with E-state index >= 15 is 0 Å². The smallest absolute Gasteiger partial charge is 0.0724 e. The minimum absolute atomic E-state index is 0.249. The molecule has 2 N–H and O–H groups in total. The zero-order valence-corrected chi connectivity index (χ0v) is 11.2. The number of ether oxygens (including phenoxy) is 1. The van der Waals surface area contributed by atoms with Gasteiger partial charge in [0.25, 0.3) is 0 Å². The first-order chi connectivity index (χ1) is 7.72. The van der Waals surface area contributed by atoms with Gasteiger partial charge in [0.05, 0.1) is 6.10 Å². The van der Waals surface area contributed by atoms with Crippen molar-refractivity contribution >= 4 is 0 Å². The Morgan fingerprint density at radius 3 is 2.62 bits per heavy atom. The SMILES string of the molecule is CCCC(OC)C(N)C1CCCC(CC)C1. The van der Waals surface area contributed by atoms with E-state index in [1.807, 2.05) is 0 Å². The van der Waals surface area contributed by atoms with E-state index in [0.29, 0.717) is 5.92 Å². The largest absolute Gasteiger partial charge is 0.380 e. The summed E-state index contributed by atoms with van der Waals surface area (Å²) in [5.74, 6) is 1.60. The van der Waals surface area contributed by atoms with E-state index in [2.05, 4.69) is 13.8 Å². The molecule has 0 saturated heterocycles. The van der Waals surface area contributed by atoms with Gasteiger partial charge in [0.1, 0.15) is 0 Å². The average molecular weight is 227 g/mol. The highest BCUT2D eigenvalue weighted by atomic mass is 16.5. The molecule has 0 bridgehead atoms. The Morgan fingerprint density at radius 2 is 2.06 bits per heavy atom. The van der Waals surface area contributed by atoms with Crippen LogP contribution in [0.2, 0.25) is 0 Å². The van der Waals surface area contributed by atoms with E-state index in [4.69, 9.17) is 10.5 Å². The van der Waals surface area contributed by atoms with Crippen molar-refractivity contribution < 1.29 is 4.74 Å². The Labute approximate surface area is 101 Å². The zero-order valence-electron chi connectivity index (χ0n) is 11.2. The second-order valence-electron chi connectivity index (χ2n) is 5.34. The number of nitrogens with two attached hydrogens (primary N) is 1. The molecule has 0 heterocycles. The number of methoxy groups -OCH3 is 1. The van der Waals surface area contributed by atoms with Gasteiger partial charge < -0.3 is 10.5 Å². The molecule has 2 heteroatoms. The lowest BCUT2D eigenvalue weighted by molar-refractivity contribution is 0.0419. The van der Waals surface area contributed by atoms with Crippen LogP contribution in [0.1, 0.15) is 58.8 Å². The monoisotopic (exact) mass is 227 g/mol. The molecule has 1 rings (SSSR count). The molecule has 0 aromatic rings. The first-order valence-electron chi connectivity index (χ1n) is 7.01. The third-order valence-corrected chi connectivity index (χ3v) is 4.25. The van der Waals surface area contributed by atoms with E-state index in [1.165, 1.54) is 32.1 Å². The number of hydrogen-bond acceptors (Lipinski definition) is 2. The predicted molar refractivity (Wildman–Crippen MR) is 69.4 cm³/mol. The quantitative estimate of drug-likeness (QED) is 0.755. The molecule has 1 saturated carbocycles. The molecule has 0 aromatic heterocycles. The van der Waals surface area contributed by atoms with Gasteiger partial charge in [0, 0.05) is 13.2 Å². The Hall–Kier alpha value is -0.0800. The summed E-state index contributed by atoms with van der Waals surface area (Å²) in [4.78, 5) is 0. The van der Waals surface area contributed by atoms with E-state index in [0.717, 1.165) is 18.8 Å². The van der Waals surface area contributed by atoms with Gasteiger partial charge in [0.15, 0.2) is 0 Å². The maximum atomic E-state index is 6.38. The number of hydrogen-bond donors (Lipinski definition) is 1. The van der Waals surface area contributed by atoms with Crippen LogP contribution in [0.3, 0.4) is 0 Å². The standard InChI is InChI=1S/C14H29NO/c1-4-7-13(16-3)14(15)12-9-6-8-11(5-2)10-12/h11-14H,4-10,15H2,1-3H3. The van der Waals surface area contributed by atoms with Crippen LogP contribution in [0.5, 0.6) is 0 Å². The molecule has 0 radical (unpaired) electrons. The van der Waals surface area contributed by atoms with Crippen LogP contribution in [-0.4, -0.2) is 19.3 Å². The van der Waals surface area contributed by atoms with Crippen molar-refractivity contribution in [2.24, 2.45) is 17.6 Å². The van der Waals surface area contributed by atoms with Gasteiger partial charge >= 0.3 is 0 Å². The van der Waals surface area contributed by atoms with Gasteiger partial charge in [-0.1, -0.05) is 39.5 Å². The lowest BCUT2D eigenvalue weighted by atomic mass is 9.75. The predicted octanol–water partition coefficient (Wildman–Crippen LogP) is 3.35. The zero-order chi connectivity index (χ0) is 12.0. The van der Waals surface area contributed by atoms with E-state index in [-0.39, 0.29) is 12.1 Å². The van der Waals surface area contributed by atoms with Gasteiger partial charge in [-0.25, -0.2) is 0 Å². The Morgan fingerprint density at radius 1 is 1.31 bits per heavy atom. The molecule has 0 aliphatic heterocycles. The first-order valence-corrected chi connectivity index (χ1v) is 7.01. The van der Waals surface area contributed by atoms with Crippen molar-refractivity contribution in [2.75, 3.05) is 7.11 Å². The average Bonchev–Trinajstić information content (AvgIpc) is 2.35. The fraction of sp³-hybridized carbons (Fsp3) is 1.00. The molecule has 16 heavy (non-hydrogen) atoms. The molecular formula is C14H29NO. The third-order valence-electron chi connectivity index (χ3n) is 4.25. The van der Waals surface area contributed by atoms with Gasteiger partial charge in [-0.15, -0.1) is 0 Å². The fourth-order valence-corrected chi connectivity index (χ4v) is 3.11. The summed E-state index contributed by atoms with van der Waals surface area (Å²) in [7, 11) is 1.81. The van der Waals surface area contributed by atoms with Gasteiger partial charge in [-0.3, -0.25) is 0 Å². The van der Waals surface area contributed by atoms with Crippen molar-refractivity contribution in [3.63, 3.8) is 0 Å². The molecule has 4 atom stereocenters. The van der Waals surface area contributed by atoms with Crippen molar-refractivity contribution in [3.05, 3.63) is 0 Å². The molecule has 1 aliphatic carbocycles. The summed E-state index contributed by atoms with van der Waals surface area (Å²) < 4.78 is 5.55. The molecule has 0 aromatic carbocycles. The van der Waals surface area contributed by atoms with E-state index in [9.17, 15) is 0 Å². The topological polar surface area (TPSA) is 35.2 Å². The molecule has 0 amide bonds. The minimum atomic E-state index is 0.249. The molecule has 2 nitrogen and oxygen atoms in total. The normalized spacial score (nSPS) is 30.0. The second-order valence-corrected chi connectivity index (χ2v) is 5.34. The molecule has 96 valence electrons. The van der Waals surface area contributed by atoms with Crippen LogP contribution in [0.15, 0.2) is 0 Å². The Kier molecular flexibility index (Phi) is 6.37. The lowest BCUT2D eigenvalue weighted by Gasteiger charge is -2.35. The maximum absolute atomic E-state index is 6.38. The Balaban J connectivity index is 2.47. The third kappa shape index (κ3) is 3.74. The van der Waals surface area contributed by atoms with Crippen molar-refractivity contribution in [3.8, 4) is 0 Å². The Bertz CT molecular complexity index is 184. The highest BCUT2D eigenvalue weighted by molar-refractivity contribution is 4.85. The van der Waals surface area contributed by atoms with Crippen molar-refractivity contribution in [1.29, 1.82) is 0 Å². The molecule has 1 fully saturated rings. The maximum Gasteiger partial charge on any atom is 0.0724 e. The first kappa shape index (κ1) is 14.0. The summed E-state index contributed by atoms with van der Waals surface area (Å²) >= 11 is 0. The van der Waals surface area contributed by atoms with Crippen LogP contribution < -0.4 is 5.73 Å². The molecular weight excluding hydrogens is 198 g/mol. The molecule has 4 unspecified atom stereocenters. The number of rotatable bonds is 6.